The standard InChI is InChI=1S/C13H14FN3O2S/c1-8-7-9(2)16-13(15-8)17-20(18,19)12-6-4-5-11(14)10(12)3/h4-7H,1-3H3,(H,15,16,17). The fourth-order valence-corrected chi connectivity index (χ4v) is 3.03. The van der Waals surface area contributed by atoms with Crippen LogP contribution in [0.5, 0.6) is 0 Å². The number of aryl methyl sites for hydroxylation is 2. The molecule has 0 fully saturated rings. The van der Waals surface area contributed by atoms with E-state index in [9.17, 15) is 12.8 Å². The van der Waals surface area contributed by atoms with E-state index in [1.54, 1.807) is 19.9 Å². The van der Waals surface area contributed by atoms with Crippen LogP contribution in [-0.2, 0) is 10.0 Å². The summed E-state index contributed by atoms with van der Waals surface area (Å²) in [7, 11) is -3.92. The van der Waals surface area contributed by atoms with Gasteiger partial charge in [-0.3, -0.25) is 0 Å². The molecule has 0 unspecified atom stereocenters. The number of anilines is 1. The van der Waals surface area contributed by atoms with Crippen molar-refractivity contribution in [1.29, 1.82) is 0 Å². The molecule has 20 heavy (non-hydrogen) atoms. The van der Waals surface area contributed by atoms with Crippen LogP contribution in [-0.4, -0.2) is 18.4 Å². The van der Waals surface area contributed by atoms with E-state index < -0.39 is 15.8 Å². The second-order valence-electron chi connectivity index (χ2n) is 4.44. The van der Waals surface area contributed by atoms with Crippen LogP contribution in [0.15, 0.2) is 29.2 Å². The zero-order chi connectivity index (χ0) is 14.9. The van der Waals surface area contributed by atoms with Gasteiger partial charge in [-0.2, -0.15) is 0 Å². The summed E-state index contributed by atoms with van der Waals surface area (Å²) in [6.07, 6.45) is 0. The molecule has 1 aromatic carbocycles. The van der Waals surface area contributed by atoms with E-state index >= 15 is 0 Å². The third-order valence-corrected chi connectivity index (χ3v) is 4.19. The highest BCUT2D eigenvalue weighted by Crippen LogP contribution is 2.20. The van der Waals surface area contributed by atoms with Gasteiger partial charge in [0.2, 0.25) is 5.95 Å². The largest absolute Gasteiger partial charge is 0.264 e. The van der Waals surface area contributed by atoms with Crippen molar-refractivity contribution in [3.05, 3.63) is 47.0 Å². The minimum atomic E-state index is -3.92. The van der Waals surface area contributed by atoms with Crippen molar-refractivity contribution in [2.75, 3.05) is 4.72 Å². The molecule has 0 aliphatic heterocycles. The van der Waals surface area contributed by atoms with Gasteiger partial charge in [-0.15, -0.1) is 0 Å². The summed E-state index contributed by atoms with van der Waals surface area (Å²) in [5, 5.41) is 0. The molecular formula is C13H14FN3O2S. The Morgan fingerprint density at radius 2 is 1.70 bits per heavy atom. The van der Waals surface area contributed by atoms with Crippen LogP contribution < -0.4 is 4.72 Å². The first-order chi connectivity index (χ1) is 9.29. The van der Waals surface area contributed by atoms with Gasteiger partial charge in [0.1, 0.15) is 5.82 Å². The van der Waals surface area contributed by atoms with Crippen LogP contribution in [0, 0.1) is 26.6 Å². The molecule has 0 aliphatic rings. The lowest BCUT2D eigenvalue weighted by atomic mass is 10.2. The number of aromatic nitrogens is 2. The Hall–Kier alpha value is -2.02. The van der Waals surface area contributed by atoms with Crippen molar-refractivity contribution in [2.45, 2.75) is 25.7 Å². The quantitative estimate of drug-likeness (QED) is 0.943. The smallest absolute Gasteiger partial charge is 0.247 e. The highest BCUT2D eigenvalue weighted by molar-refractivity contribution is 7.92. The number of rotatable bonds is 3. The van der Waals surface area contributed by atoms with E-state index in [2.05, 4.69) is 14.7 Å². The Morgan fingerprint density at radius 3 is 2.30 bits per heavy atom. The minimum Gasteiger partial charge on any atom is -0.247 e. The van der Waals surface area contributed by atoms with E-state index in [0.29, 0.717) is 11.4 Å². The molecule has 1 N–H and O–H groups in total. The van der Waals surface area contributed by atoms with Gasteiger partial charge in [-0.05, 0) is 39.0 Å². The summed E-state index contributed by atoms with van der Waals surface area (Å²) < 4.78 is 40.2. The summed E-state index contributed by atoms with van der Waals surface area (Å²) in [6.45, 7) is 4.88. The number of nitrogens with zero attached hydrogens (tertiary/aromatic N) is 2. The van der Waals surface area contributed by atoms with Gasteiger partial charge in [-0.25, -0.2) is 27.5 Å². The predicted molar refractivity (Wildman–Crippen MR) is 73.5 cm³/mol. The lowest BCUT2D eigenvalue weighted by Gasteiger charge is -2.10. The number of hydrogen-bond acceptors (Lipinski definition) is 4. The number of halogens is 1. The van der Waals surface area contributed by atoms with Crippen molar-refractivity contribution in [3.8, 4) is 0 Å². The molecule has 0 atom stereocenters. The maximum atomic E-state index is 13.5. The predicted octanol–water partition coefficient (Wildman–Crippen LogP) is 2.34. The van der Waals surface area contributed by atoms with Gasteiger partial charge in [0.05, 0.1) is 4.90 Å². The van der Waals surface area contributed by atoms with E-state index in [1.807, 2.05) is 0 Å². The zero-order valence-electron chi connectivity index (χ0n) is 11.3. The minimum absolute atomic E-state index is 0.0221. The van der Waals surface area contributed by atoms with Crippen molar-refractivity contribution in [1.82, 2.24) is 9.97 Å². The van der Waals surface area contributed by atoms with Gasteiger partial charge in [0.25, 0.3) is 10.0 Å². The molecule has 2 aromatic rings. The first-order valence-corrected chi connectivity index (χ1v) is 7.38. The molecule has 5 nitrogen and oxygen atoms in total. The van der Waals surface area contributed by atoms with Gasteiger partial charge in [0, 0.05) is 17.0 Å². The van der Waals surface area contributed by atoms with Gasteiger partial charge < -0.3 is 0 Å². The lowest BCUT2D eigenvalue weighted by Crippen LogP contribution is -2.17. The van der Waals surface area contributed by atoms with Crippen LogP contribution in [0.2, 0.25) is 0 Å². The van der Waals surface area contributed by atoms with E-state index in [1.165, 1.54) is 25.1 Å². The van der Waals surface area contributed by atoms with Gasteiger partial charge in [-0.1, -0.05) is 6.07 Å². The van der Waals surface area contributed by atoms with E-state index in [-0.39, 0.29) is 16.4 Å². The number of sulfonamides is 1. The summed E-state index contributed by atoms with van der Waals surface area (Å²) >= 11 is 0. The van der Waals surface area contributed by atoms with Crippen LogP contribution in [0.4, 0.5) is 10.3 Å². The molecule has 1 heterocycles. The molecular weight excluding hydrogens is 281 g/mol. The SMILES string of the molecule is Cc1cc(C)nc(NS(=O)(=O)c2cccc(F)c2C)n1. The fraction of sp³-hybridized carbons (Fsp3) is 0.231. The molecule has 0 amide bonds. The Morgan fingerprint density at radius 1 is 1.10 bits per heavy atom. The molecule has 0 saturated heterocycles. The number of benzene rings is 1. The molecule has 0 aliphatic carbocycles. The third-order valence-electron chi connectivity index (χ3n) is 2.72. The van der Waals surface area contributed by atoms with Crippen molar-refractivity contribution in [2.24, 2.45) is 0 Å². The summed E-state index contributed by atoms with van der Waals surface area (Å²) in [5.74, 6) is -0.597. The maximum Gasteiger partial charge on any atom is 0.264 e. The Labute approximate surface area is 116 Å². The normalized spacial score (nSPS) is 11.4. The molecule has 0 saturated carbocycles. The average molecular weight is 295 g/mol. The average Bonchev–Trinajstić information content (AvgIpc) is 2.30. The van der Waals surface area contributed by atoms with E-state index in [4.69, 9.17) is 0 Å². The molecule has 2 rings (SSSR count). The highest BCUT2D eigenvalue weighted by atomic mass is 32.2. The number of nitrogens with one attached hydrogen (secondary N) is 1. The first-order valence-electron chi connectivity index (χ1n) is 5.90. The Balaban J connectivity index is 2.43. The van der Waals surface area contributed by atoms with Crippen LogP contribution in [0.1, 0.15) is 17.0 Å². The molecule has 7 heteroatoms. The van der Waals surface area contributed by atoms with Crippen molar-refractivity contribution in [3.63, 3.8) is 0 Å². The van der Waals surface area contributed by atoms with Crippen LogP contribution in [0.3, 0.4) is 0 Å². The van der Waals surface area contributed by atoms with E-state index in [0.717, 1.165) is 0 Å². The summed E-state index contributed by atoms with van der Waals surface area (Å²) in [5.41, 5.74) is 1.35. The molecule has 0 spiro atoms. The van der Waals surface area contributed by atoms with Crippen molar-refractivity contribution < 1.29 is 12.8 Å². The highest BCUT2D eigenvalue weighted by Gasteiger charge is 2.20. The monoisotopic (exact) mass is 295 g/mol. The van der Waals surface area contributed by atoms with Gasteiger partial charge >= 0.3 is 0 Å². The van der Waals surface area contributed by atoms with Crippen LogP contribution >= 0.6 is 0 Å². The zero-order valence-corrected chi connectivity index (χ0v) is 12.1. The second kappa shape index (κ2) is 5.16. The first kappa shape index (κ1) is 14.4. The Kier molecular flexibility index (Phi) is 3.71. The fourth-order valence-electron chi connectivity index (χ4n) is 1.83. The molecule has 1 aromatic heterocycles. The topological polar surface area (TPSA) is 72.0 Å². The second-order valence-corrected chi connectivity index (χ2v) is 6.09. The maximum absolute atomic E-state index is 13.5. The third kappa shape index (κ3) is 2.93. The van der Waals surface area contributed by atoms with Gasteiger partial charge in [0.15, 0.2) is 0 Å². The number of hydrogen-bond donors (Lipinski definition) is 1. The molecule has 0 bridgehead atoms. The Bertz CT molecular complexity index is 740. The lowest BCUT2D eigenvalue weighted by molar-refractivity contribution is 0.590. The van der Waals surface area contributed by atoms with Crippen LogP contribution in [0.25, 0.3) is 0 Å². The summed E-state index contributed by atoms with van der Waals surface area (Å²) in [6, 6.07) is 5.62. The molecule has 0 radical (unpaired) electrons. The molecule has 106 valence electrons. The van der Waals surface area contributed by atoms with Crippen molar-refractivity contribution >= 4 is 16.0 Å². The summed E-state index contributed by atoms with van der Waals surface area (Å²) in [4.78, 5) is 7.88.